The maximum Gasteiger partial charge on any atom is 0.191 e. The van der Waals surface area contributed by atoms with Gasteiger partial charge in [-0.05, 0) is 43.8 Å². The van der Waals surface area contributed by atoms with Gasteiger partial charge in [0.2, 0.25) is 0 Å². The maximum absolute atomic E-state index is 5.59. The van der Waals surface area contributed by atoms with Gasteiger partial charge in [-0.1, -0.05) is 12.8 Å². The second-order valence-electron chi connectivity index (χ2n) is 8.62. The predicted octanol–water partition coefficient (Wildman–Crippen LogP) is 2.35. The molecule has 3 rings (SSSR count). The van der Waals surface area contributed by atoms with Crippen molar-refractivity contribution in [2.24, 2.45) is 10.4 Å². The van der Waals surface area contributed by atoms with Crippen molar-refractivity contribution < 1.29 is 9.47 Å². The Morgan fingerprint density at radius 1 is 1.18 bits per heavy atom. The van der Waals surface area contributed by atoms with Crippen LogP contribution in [0.15, 0.2) is 4.99 Å². The summed E-state index contributed by atoms with van der Waals surface area (Å²) < 4.78 is 11.0. The lowest BCUT2D eigenvalue weighted by molar-refractivity contribution is -0.0120. The molecule has 1 unspecified atom stereocenters. The van der Waals surface area contributed by atoms with Crippen molar-refractivity contribution in [1.82, 2.24) is 15.5 Å². The number of nitrogens with zero attached hydrogens (tertiary/aromatic N) is 2. The Morgan fingerprint density at radius 2 is 1.96 bits per heavy atom. The van der Waals surface area contributed by atoms with Crippen LogP contribution in [0, 0.1) is 5.41 Å². The number of hydrogen-bond donors (Lipinski definition) is 2. The Bertz CT molecular complexity index is 485. The average molecular weight is 413 g/mol. The molecule has 0 aromatic carbocycles. The molecular weight excluding hydrogens is 372 g/mol. The zero-order chi connectivity index (χ0) is 19.7. The summed E-state index contributed by atoms with van der Waals surface area (Å²) in [4.78, 5) is 7.70. The van der Waals surface area contributed by atoms with Crippen molar-refractivity contribution in [3.63, 3.8) is 0 Å². The molecule has 1 aliphatic carbocycles. The van der Waals surface area contributed by atoms with Gasteiger partial charge in [0.1, 0.15) is 0 Å². The zero-order valence-corrected chi connectivity index (χ0v) is 18.7. The van der Waals surface area contributed by atoms with Crippen LogP contribution in [0.25, 0.3) is 0 Å². The molecule has 2 N–H and O–H groups in total. The molecule has 162 valence electrons. The second kappa shape index (κ2) is 11.0. The number of aliphatic imine (C=N–C) groups is 1. The van der Waals surface area contributed by atoms with Crippen LogP contribution in [0.1, 0.15) is 45.4 Å². The predicted molar refractivity (Wildman–Crippen MR) is 118 cm³/mol. The number of guanidine groups is 1. The number of rotatable bonds is 9. The van der Waals surface area contributed by atoms with Crippen LogP contribution in [0.2, 0.25) is 0 Å². The summed E-state index contributed by atoms with van der Waals surface area (Å²) in [5.74, 6) is 3.44. The molecule has 0 amide bonds. The molecular formula is C21H40N4O2S. The fourth-order valence-electron chi connectivity index (χ4n) is 4.90. The molecule has 3 fully saturated rings. The number of nitrogens with one attached hydrogen (secondary N) is 2. The highest BCUT2D eigenvalue weighted by Crippen LogP contribution is 2.41. The molecule has 2 saturated heterocycles. The quantitative estimate of drug-likeness (QED) is 0.448. The van der Waals surface area contributed by atoms with Gasteiger partial charge in [-0.25, -0.2) is 0 Å². The fraction of sp³-hybridized carbons (Fsp3) is 0.952. The Morgan fingerprint density at radius 3 is 2.61 bits per heavy atom. The molecule has 28 heavy (non-hydrogen) atoms. The van der Waals surface area contributed by atoms with Gasteiger partial charge >= 0.3 is 0 Å². The minimum Gasteiger partial charge on any atom is -0.385 e. The van der Waals surface area contributed by atoms with Crippen molar-refractivity contribution in [1.29, 1.82) is 0 Å². The number of thioether (sulfide) groups is 1. The minimum absolute atomic E-state index is 0.242. The van der Waals surface area contributed by atoms with E-state index in [2.05, 4.69) is 34.2 Å². The normalized spacial score (nSPS) is 28.6. The standard InChI is InChI=1S/C21H40N4O2S/c1-3-22-19(23-16-20(8-12-26-2)6-4-5-7-20)24-17-21(9-15-28-18-21)25-10-13-27-14-11-25/h3-18H2,1-2H3,(H2,22,23,24). The van der Waals surface area contributed by atoms with Crippen molar-refractivity contribution in [2.45, 2.75) is 51.0 Å². The summed E-state index contributed by atoms with van der Waals surface area (Å²) in [6, 6.07) is 0. The van der Waals surface area contributed by atoms with Crippen LogP contribution in [-0.4, -0.2) is 87.6 Å². The lowest BCUT2D eigenvalue weighted by Gasteiger charge is -2.43. The summed E-state index contributed by atoms with van der Waals surface area (Å²) in [5, 5.41) is 7.19. The smallest absolute Gasteiger partial charge is 0.191 e. The lowest BCUT2D eigenvalue weighted by Crippen LogP contribution is -2.60. The third-order valence-corrected chi connectivity index (χ3v) is 8.00. The summed E-state index contributed by atoms with van der Waals surface area (Å²) in [5.41, 5.74) is 0.579. The molecule has 3 aliphatic rings. The van der Waals surface area contributed by atoms with Gasteiger partial charge in [0.05, 0.1) is 13.2 Å². The Hall–Kier alpha value is -0.500. The third kappa shape index (κ3) is 5.77. The molecule has 2 aliphatic heterocycles. The average Bonchev–Trinajstić information content (AvgIpc) is 3.40. The first-order valence-electron chi connectivity index (χ1n) is 11.1. The molecule has 1 atom stereocenters. The van der Waals surface area contributed by atoms with Crippen LogP contribution in [0.3, 0.4) is 0 Å². The molecule has 1 saturated carbocycles. The molecule has 2 heterocycles. The third-order valence-electron chi connectivity index (χ3n) is 6.77. The Kier molecular flexibility index (Phi) is 8.75. The van der Waals surface area contributed by atoms with Gasteiger partial charge in [-0.2, -0.15) is 11.8 Å². The van der Waals surface area contributed by atoms with E-state index in [1.54, 1.807) is 0 Å². The molecule has 7 heteroatoms. The maximum atomic E-state index is 5.59. The van der Waals surface area contributed by atoms with Crippen molar-refractivity contribution in [3.05, 3.63) is 0 Å². The first-order valence-corrected chi connectivity index (χ1v) is 12.3. The highest BCUT2D eigenvalue weighted by Gasteiger charge is 2.41. The van der Waals surface area contributed by atoms with E-state index in [0.29, 0.717) is 5.41 Å². The van der Waals surface area contributed by atoms with Gasteiger partial charge < -0.3 is 20.1 Å². The van der Waals surface area contributed by atoms with Crippen LogP contribution in [0.4, 0.5) is 0 Å². The monoisotopic (exact) mass is 412 g/mol. The molecule has 0 bridgehead atoms. The largest absolute Gasteiger partial charge is 0.385 e. The van der Waals surface area contributed by atoms with E-state index in [0.717, 1.165) is 64.9 Å². The molecule has 6 nitrogen and oxygen atoms in total. The topological polar surface area (TPSA) is 58.1 Å². The van der Waals surface area contributed by atoms with Crippen LogP contribution < -0.4 is 10.6 Å². The number of methoxy groups -OCH3 is 1. The fourth-order valence-corrected chi connectivity index (χ4v) is 6.38. The second-order valence-corrected chi connectivity index (χ2v) is 9.73. The Labute approximate surface area is 175 Å². The van der Waals surface area contributed by atoms with Crippen LogP contribution >= 0.6 is 11.8 Å². The molecule has 0 spiro atoms. The zero-order valence-electron chi connectivity index (χ0n) is 17.9. The van der Waals surface area contributed by atoms with E-state index in [1.165, 1.54) is 43.6 Å². The number of ether oxygens (including phenoxy) is 2. The van der Waals surface area contributed by atoms with E-state index >= 15 is 0 Å². The lowest BCUT2D eigenvalue weighted by atomic mass is 9.83. The summed E-state index contributed by atoms with van der Waals surface area (Å²) in [6.07, 6.45) is 7.62. The van der Waals surface area contributed by atoms with Gasteiger partial charge in [-0.3, -0.25) is 9.89 Å². The van der Waals surface area contributed by atoms with Crippen LogP contribution in [0.5, 0.6) is 0 Å². The van der Waals surface area contributed by atoms with Gasteiger partial charge in [0, 0.05) is 57.7 Å². The summed E-state index contributed by atoms with van der Waals surface area (Å²) in [7, 11) is 1.81. The highest BCUT2D eigenvalue weighted by atomic mass is 32.2. The van der Waals surface area contributed by atoms with Crippen molar-refractivity contribution in [2.75, 3.05) is 71.2 Å². The summed E-state index contributed by atoms with van der Waals surface area (Å²) in [6.45, 7) is 9.60. The van der Waals surface area contributed by atoms with Crippen molar-refractivity contribution >= 4 is 17.7 Å². The Balaban J connectivity index is 1.61. The van der Waals surface area contributed by atoms with E-state index < -0.39 is 0 Å². The number of hydrogen-bond acceptors (Lipinski definition) is 5. The van der Waals surface area contributed by atoms with E-state index in [4.69, 9.17) is 14.5 Å². The minimum atomic E-state index is 0.242. The molecule has 0 aromatic heterocycles. The van der Waals surface area contributed by atoms with E-state index in [1.807, 2.05) is 7.11 Å². The first kappa shape index (κ1) is 22.2. The van der Waals surface area contributed by atoms with E-state index in [9.17, 15) is 0 Å². The van der Waals surface area contributed by atoms with Gasteiger partial charge in [-0.15, -0.1) is 0 Å². The first-order chi connectivity index (χ1) is 13.7. The molecule has 0 aromatic rings. The van der Waals surface area contributed by atoms with Crippen LogP contribution in [-0.2, 0) is 9.47 Å². The van der Waals surface area contributed by atoms with Gasteiger partial charge in [0.25, 0.3) is 0 Å². The number of morpholine rings is 1. The molecule has 0 radical (unpaired) electrons. The SMILES string of the molecule is CCNC(=NCC1(CCOC)CCCC1)NCC1(N2CCOCC2)CCSC1. The van der Waals surface area contributed by atoms with E-state index in [-0.39, 0.29) is 5.54 Å². The highest BCUT2D eigenvalue weighted by molar-refractivity contribution is 7.99. The van der Waals surface area contributed by atoms with Crippen molar-refractivity contribution in [3.8, 4) is 0 Å². The summed E-state index contributed by atoms with van der Waals surface area (Å²) >= 11 is 2.09. The van der Waals surface area contributed by atoms with Gasteiger partial charge in [0.15, 0.2) is 5.96 Å².